The number of hydrogen-bond acceptors (Lipinski definition) is 2. The molecule has 0 aromatic rings. The fourth-order valence-corrected chi connectivity index (χ4v) is 1.37. The lowest BCUT2D eigenvalue weighted by Gasteiger charge is -2.28. The van der Waals surface area contributed by atoms with Crippen LogP contribution in [-0.4, -0.2) is 24.1 Å². The van der Waals surface area contributed by atoms with Gasteiger partial charge in [-0.05, 0) is 0 Å². The predicted octanol–water partition coefficient (Wildman–Crippen LogP) is 1.14. The molecule has 2 aliphatic rings. The van der Waals surface area contributed by atoms with Crippen LogP contribution in [0.3, 0.4) is 0 Å². The summed E-state index contributed by atoms with van der Waals surface area (Å²) < 4.78 is 4.59. The molecule has 0 saturated carbocycles. The minimum atomic E-state index is -0.280. The fourth-order valence-electron chi connectivity index (χ4n) is 1.37. The molecule has 1 aliphatic heterocycles. The second-order valence-electron chi connectivity index (χ2n) is 2.67. The highest BCUT2D eigenvalue weighted by atomic mass is 16.5. The second-order valence-corrected chi connectivity index (χ2v) is 2.67. The number of amides is 1. The highest BCUT2D eigenvalue weighted by Crippen LogP contribution is 2.31. The molecule has 2 atom stereocenters. The van der Waals surface area contributed by atoms with E-state index in [0.717, 1.165) is 0 Å². The van der Waals surface area contributed by atoms with Crippen molar-refractivity contribution in [3.63, 3.8) is 0 Å². The van der Waals surface area contributed by atoms with Crippen molar-refractivity contribution in [2.45, 2.75) is 6.04 Å². The van der Waals surface area contributed by atoms with Crippen LogP contribution in [0.2, 0.25) is 0 Å². The fraction of sp³-hybridized carbons (Fsp3) is 0.375. The maximum atomic E-state index is 11.0. The van der Waals surface area contributed by atoms with Gasteiger partial charge in [-0.3, -0.25) is 4.90 Å². The summed E-state index contributed by atoms with van der Waals surface area (Å²) in [6.45, 7) is 0. The van der Waals surface area contributed by atoms with Crippen molar-refractivity contribution in [1.29, 1.82) is 0 Å². The van der Waals surface area contributed by atoms with Gasteiger partial charge in [0, 0.05) is 12.1 Å². The first-order chi connectivity index (χ1) is 5.33. The molecule has 1 heterocycles. The Labute approximate surface area is 64.9 Å². The molecule has 0 bridgehead atoms. The molecular formula is C8H9NO2. The number of ether oxygens (including phenoxy) is 1. The minimum absolute atomic E-state index is 0.224. The Balaban J connectivity index is 2.12. The van der Waals surface area contributed by atoms with Crippen LogP contribution in [0.4, 0.5) is 4.79 Å². The second kappa shape index (κ2) is 2.12. The third kappa shape index (κ3) is 0.770. The molecule has 58 valence electrons. The first-order valence-corrected chi connectivity index (χ1v) is 3.56. The zero-order valence-electron chi connectivity index (χ0n) is 6.23. The maximum Gasteiger partial charge on any atom is 0.414 e. The van der Waals surface area contributed by atoms with Gasteiger partial charge in [0.2, 0.25) is 0 Å². The molecule has 11 heavy (non-hydrogen) atoms. The van der Waals surface area contributed by atoms with E-state index >= 15 is 0 Å². The van der Waals surface area contributed by atoms with Crippen LogP contribution < -0.4 is 0 Å². The molecule has 0 spiro atoms. The molecule has 3 heteroatoms. The lowest BCUT2D eigenvalue weighted by molar-refractivity contribution is 0.131. The summed E-state index contributed by atoms with van der Waals surface area (Å²) in [5.74, 6) is 0.425. The quantitative estimate of drug-likeness (QED) is 0.486. The van der Waals surface area contributed by atoms with Crippen LogP contribution >= 0.6 is 0 Å². The Kier molecular flexibility index (Phi) is 1.24. The van der Waals surface area contributed by atoms with E-state index in [1.54, 1.807) is 11.1 Å². The zero-order valence-corrected chi connectivity index (χ0v) is 6.23. The number of carbonyl (C=O) groups excluding carboxylic acids is 1. The topological polar surface area (TPSA) is 29.5 Å². The van der Waals surface area contributed by atoms with E-state index in [1.807, 2.05) is 12.2 Å². The summed E-state index contributed by atoms with van der Waals surface area (Å²) in [5, 5.41) is 0. The third-order valence-corrected chi connectivity index (χ3v) is 2.10. The van der Waals surface area contributed by atoms with Crippen molar-refractivity contribution in [2.75, 3.05) is 7.11 Å². The molecule has 0 aromatic heterocycles. The summed E-state index contributed by atoms with van der Waals surface area (Å²) in [4.78, 5) is 12.6. The Morgan fingerprint density at radius 2 is 2.27 bits per heavy atom. The van der Waals surface area contributed by atoms with Crippen LogP contribution in [0, 0.1) is 5.92 Å². The van der Waals surface area contributed by atoms with E-state index in [1.165, 1.54) is 7.11 Å². The van der Waals surface area contributed by atoms with E-state index in [0.29, 0.717) is 5.92 Å². The highest BCUT2D eigenvalue weighted by molar-refractivity contribution is 5.71. The van der Waals surface area contributed by atoms with Gasteiger partial charge in [0.05, 0.1) is 13.2 Å². The van der Waals surface area contributed by atoms with Crippen LogP contribution in [0.25, 0.3) is 0 Å². The largest absolute Gasteiger partial charge is 0.452 e. The van der Waals surface area contributed by atoms with Crippen molar-refractivity contribution in [3.05, 3.63) is 24.4 Å². The lowest BCUT2D eigenvalue weighted by Crippen LogP contribution is -2.38. The van der Waals surface area contributed by atoms with Crippen LogP contribution in [0.5, 0.6) is 0 Å². The lowest BCUT2D eigenvalue weighted by atomic mass is 9.91. The molecule has 0 radical (unpaired) electrons. The smallest absolute Gasteiger partial charge is 0.414 e. The van der Waals surface area contributed by atoms with Gasteiger partial charge in [-0.15, -0.1) is 0 Å². The molecule has 0 unspecified atom stereocenters. The summed E-state index contributed by atoms with van der Waals surface area (Å²) in [7, 11) is 1.39. The molecular weight excluding hydrogens is 142 g/mol. The van der Waals surface area contributed by atoms with Gasteiger partial charge >= 0.3 is 6.09 Å². The van der Waals surface area contributed by atoms with Crippen LogP contribution in [0.1, 0.15) is 0 Å². The molecule has 0 N–H and O–H groups in total. The van der Waals surface area contributed by atoms with E-state index in [9.17, 15) is 4.79 Å². The average Bonchev–Trinajstić information content (AvgIpc) is 2.25. The van der Waals surface area contributed by atoms with Gasteiger partial charge in [0.25, 0.3) is 0 Å². The molecule has 3 nitrogen and oxygen atoms in total. The van der Waals surface area contributed by atoms with Crippen molar-refractivity contribution in [3.8, 4) is 0 Å². The summed E-state index contributed by atoms with van der Waals surface area (Å²) in [6.07, 6.45) is 7.58. The Morgan fingerprint density at radius 1 is 1.45 bits per heavy atom. The van der Waals surface area contributed by atoms with Gasteiger partial charge in [0.15, 0.2) is 0 Å². The third-order valence-electron chi connectivity index (χ3n) is 2.10. The van der Waals surface area contributed by atoms with Gasteiger partial charge in [-0.1, -0.05) is 18.2 Å². The Morgan fingerprint density at radius 3 is 2.73 bits per heavy atom. The molecule has 0 fully saturated rings. The number of nitrogens with zero attached hydrogens (tertiary/aromatic N) is 1. The van der Waals surface area contributed by atoms with E-state index in [4.69, 9.17) is 0 Å². The predicted molar refractivity (Wildman–Crippen MR) is 39.8 cm³/mol. The number of hydrogen-bond donors (Lipinski definition) is 0. The van der Waals surface area contributed by atoms with E-state index in [2.05, 4.69) is 10.8 Å². The van der Waals surface area contributed by atoms with E-state index < -0.39 is 0 Å². The van der Waals surface area contributed by atoms with E-state index in [-0.39, 0.29) is 12.1 Å². The average molecular weight is 151 g/mol. The van der Waals surface area contributed by atoms with Crippen molar-refractivity contribution in [2.24, 2.45) is 5.92 Å². The number of fused-ring (bicyclic) bond motifs is 1. The first-order valence-electron chi connectivity index (χ1n) is 3.56. The SMILES string of the molecule is COC(=O)N1C=C[C@@H]2C=C[C@H]21. The number of carbonyl (C=O) groups is 1. The Bertz CT molecular complexity index is 244. The zero-order chi connectivity index (χ0) is 7.84. The molecule has 0 saturated heterocycles. The van der Waals surface area contributed by atoms with Gasteiger partial charge in [-0.25, -0.2) is 4.79 Å². The summed E-state index contributed by atoms with van der Waals surface area (Å²) in [6, 6.07) is 0.224. The highest BCUT2D eigenvalue weighted by Gasteiger charge is 2.35. The van der Waals surface area contributed by atoms with Crippen molar-refractivity contribution < 1.29 is 9.53 Å². The first kappa shape index (κ1) is 6.46. The summed E-state index contributed by atoms with van der Waals surface area (Å²) in [5.41, 5.74) is 0. The number of methoxy groups -OCH3 is 1. The molecule has 2 rings (SSSR count). The Hall–Kier alpha value is -1.25. The van der Waals surface area contributed by atoms with Crippen molar-refractivity contribution in [1.82, 2.24) is 4.90 Å². The maximum absolute atomic E-state index is 11.0. The standard InChI is InChI=1S/C8H9NO2/c1-11-8(10)9-5-4-6-2-3-7(6)9/h2-7H,1H3/t6-,7+/m0/s1. The number of rotatable bonds is 0. The molecule has 1 aliphatic carbocycles. The van der Waals surface area contributed by atoms with Crippen LogP contribution in [0.15, 0.2) is 24.4 Å². The normalized spacial score (nSPS) is 31.5. The summed E-state index contributed by atoms with van der Waals surface area (Å²) >= 11 is 0. The molecule has 0 aromatic carbocycles. The van der Waals surface area contributed by atoms with Crippen LogP contribution in [-0.2, 0) is 4.74 Å². The van der Waals surface area contributed by atoms with Gasteiger partial charge in [0.1, 0.15) is 0 Å². The monoisotopic (exact) mass is 151 g/mol. The van der Waals surface area contributed by atoms with Crippen molar-refractivity contribution >= 4 is 6.09 Å². The molecule has 1 amide bonds. The minimum Gasteiger partial charge on any atom is -0.452 e. The van der Waals surface area contributed by atoms with Gasteiger partial charge < -0.3 is 4.74 Å². The van der Waals surface area contributed by atoms with Gasteiger partial charge in [-0.2, -0.15) is 0 Å².